The van der Waals surface area contributed by atoms with Crippen molar-refractivity contribution in [2.45, 2.75) is 6.54 Å². The van der Waals surface area contributed by atoms with Crippen LogP contribution in [-0.4, -0.2) is 10.9 Å². The second kappa shape index (κ2) is 5.99. The second-order valence-electron chi connectivity index (χ2n) is 4.68. The Hall–Kier alpha value is -2.66. The van der Waals surface area contributed by atoms with Crippen LogP contribution < -0.4 is 10.9 Å². The molecule has 0 saturated heterocycles. The molecule has 0 aliphatic carbocycles. The maximum Gasteiger partial charge on any atom is 0.257 e. The van der Waals surface area contributed by atoms with Gasteiger partial charge in [-0.15, -0.1) is 0 Å². The van der Waals surface area contributed by atoms with E-state index in [2.05, 4.69) is 10.3 Å². The molecule has 0 fully saturated rings. The number of nitrogens with zero attached hydrogens (tertiary/aromatic N) is 1. The van der Waals surface area contributed by atoms with Crippen LogP contribution in [0, 0.1) is 5.41 Å². The summed E-state index contributed by atoms with van der Waals surface area (Å²) in [5.41, 5.74) is 1.22. The average Bonchev–Trinajstić information content (AvgIpc) is 2.53. The normalized spacial score (nSPS) is 10.6. The molecule has 22 heavy (non-hydrogen) atoms. The lowest BCUT2D eigenvalue weighted by atomic mass is 10.1. The van der Waals surface area contributed by atoms with Crippen molar-refractivity contribution in [1.82, 2.24) is 10.3 Å². The van der Waals surface area contributed by atoms with Crippen molar-refractivity contribution < 1.29 is 9.21 Å². The number of carbonyl (C=O) groups excluding carboxylic acids is 1. The van der Waals surface area contributed by atoms with Gasteiger partial charge in [0.2, 0.25) is 5.55 Å². The number of aromatic nitrogens is 1. The van der Waals surface area contributed by atoms with E-state index < -0.39 is 0 Å². The fourth-order valence-electron chi connectivity index (χ4n) is 2.05. The quantitative estimate of drug-likeness (QED) is 0.780. The van der Waals surface area contributed by atoms with Crippen LogP contribution in [0.1, 0.15) is 16.1 Å². The lowest BCUT2D eigenvalue weighted by Gasteiger charge is -2.06. The zero-order valence-corrected chi connectivity index (χ0v) is 12.2. The van der Waals surface area contributed by atoms with Crippen LogP contribution in [0.25, 0.3) is 11.0 Å². The minimum absolute atomic E-state index is 0.158. The van der Waals surface area contributed by atoms with E-state index in [0.29, 0.717) is 16.0 Å². The summed E-state index contributed by atoms with van der Waals surface area (Å²) in [4.78, 5) is 16.3. The van der Waals surface area contributed by atoms with Gasteiger partial charge in [0.15, 0.2) is 0 Å². The van der Waals surface area contributed by atoms with Gasteiger partial charge < -0.3 is 9.73 Å². The number of rotatable bonds is 3. The smallest absolute Gasteiger partial charge is 0.257 e. The van der Waals surface area contributed by atoms with Crippen molar-refractivity contribution in [1.29, 1.82) is 5.41 Å². The Morgan fingerprint density at radius 1 is 1.27 bits per heavy atom. The molecule has 5 nitrogen and oxygen atoms in total. The average molecular weight is 314 g/mol. The molecular weight excluding hydrogens is 302 g/mol. The number of fused-ring (bicyclic) bond motifs is 1. The number of carbonyl (C=O) groups is 1. The lowest BCUT2D eigenvalue weighted by Crippen LogP contribution is -2.28. The SMILES string of the molecule is N=c1oc2ccc(Cl)cc2cc1C(=O)NCc1ccccn1. The van der Waals surface area contributed by atoms with Crippen LogP contribution in [-0.2, 0) is 6.54 Å². The molecule has 2 aromatic heterocycles. The lowest BCUT2D eigenvalue weighted by molar-refractivity contribution is 0.0946. The van der Waals surface area contributed by atoms with Gasteiger partial charge in [0.1, 0.15) is 11.1 Å². The Balaban J connectivity index is 1.87. The van der Waals surface area contributed by atoms with E-state index in [1.165, 1.54) is 0 Å². The van der Waals surface area contributed by atoms with E-state index in [-0.39, 0.29) is 23.6 Å². The topological polar surface area (TPSA) is 79.0 Å². The van der Waals surface area contributed by atoms with Crippen molar-refractivity contribution in [2.24, 2.45) is 0 Å². The molecule has 0 spiro atoms. The summed E-state index contributed by atoms with van der Waals surface area (Å²) < 4.78 is 5.35. The fourth-order valence-corrected chi connectivity index (χ4v) is 2.23. The Morgan fingerprint density at radius 2 is 2.14 bits per heavy atom. The zero-order valence-electron chi connectivity index (χ0n) is 11.5. The van der Waals surface area contributed by atoms with Gasteiger partial charge in [-0.3, -0.25) is 15.2 Å². The van der Waals surface area contributed by atoms with E-state index in [0.717, 1.165) is 5.69 Å². The minimum atomic E-state index is -0.388. The van der Waals surface area contributed by atoms with E-state index in [9.17, 15) is 4.79 Å². The molecule has 3 rings (SSSR count). The predicted octanol–water partition coefficient (Wildman–Crippen LogP) is 2.89. The van der Waals surface area contributed by atoms with Crippen molar-refractivity contribution in [2.75, 3.05) is 0 Å². The van der Waals surface area contributed by atoms with E-state index in [1.807, 2.05) is 12.1 Å². The highest BCUT2D eigenvalue weighted by molar-refractivity contribution is 6.31. The van der Waals surface area contributed by atoms with E-state index in [1.54, 1.807) is 36.5 Å². The Bertz CT molecular complexity index is 891. The highest BCUT2D eigenvalue weighted by atomic mass is 35.5. The molecule has 3 aromatic rings. The molecule has 0 aliphatic rings. The van der Waals surface area contributed by atoms with Crippen molar-refractivity contribution in [3.8, 4) is 0 Å². The van der Waals surface area contributed by atoms with Crippen LogP contribution in [0.2, 0.25) is 5.02 Å². The molecule has 6 heteroatoms. The van der Waals surface area contributed by atoms with Gasteiger partial charge in [-0.05, 0) is 36.4 Å². The number of halogens is 1. The summed E-state index contributed by atoms with van der Waals surface area (Å²) in [5.74, 6) is -0.388. The van der Waals surface area contributed by atoms with Crippen molar-refractivity contribution >= 4 is 28.5 Å². The molecule has 1 aromatic carbocycles. The third-order valence-corrected chi connectivity index (χ3v) is 3.36. The molecule has 110 valence electrons. The number of pyridine rings is 1. The summed E-state index contributed by atoms with van der Waals surface area (Å²) >= 11 is 5.93. The molecule has 2 N–H and O–H groups in total. The Kier molecular flexibility index (Phi) is 3.89. The number of hydrogen-bond donors (Lipinski definition) is 2. The first-order valence-corrected chi connectivity index (χ1v) is 6.97. The monoisotopic (exact) mass is 313 g/mol. The molecule has 0 bridgehead atoms. The fraction of sp³-hybridized carbons (Fsp3) is 0.0625. The van der Waals surface area contributed by atoms with Gasteiger partial charge in [0.25, 0.3) is 5.91 Å². The number of nitrogens with one attached hydrogen (secondary N) is 2. The first kappa shape index (κ1) is 14.3. The standard InChI is InChI=1S/C16H12ClN3O2/c17-11-4-5-14-10(7-11)8-13(15(18)22-14)16(21)20-9-12-3-1-2-6-19-12/h1-8,18H,9H2,(H,20,21). The van der Waals surface area contributed by atoms with Crippen LogP contribution in [0.3, 0.4) is 0 Å². The van der Waals surface area contributed by atoms with Crippen molar-refractivity contribution in [3.05, 3.63) is 70.5 Å². The van der Waals surface area contributed by atoms with Crippen LogP contribution in [0.15, 0.2) is 53.1 Å². The Labute approximate surface area is 131 Å². The Morgan fingerprint density at radius 3 is 2.91 bits per heavy atom. The summed E-state index contributed by atoms with van der Waals surface area (Å²) in [6.45, 7) is 0.284. The molecule has 2 heterocycles. The third-order valence-electron chi connectivity index (χ3n) is 3.13. The summed E-state index contributed by atoms with van der Waals surface area (Å²) in [6, 6.07) is 12.1. The first-order chi connectivity index (χ1) is 10.6. The van der Waals surface area contributed by atoms with Gasteiger partial charge in [0.05, 0.1) is 12.2 Å². The van der Waals surface area contributed by atoms with Crippen LogP contribution >= 0.6 is 11.6 Å². The predicted molar refractivity (Wildman–Crippen MR) is 82.5 cm³/mol. The molecule has 0 saturated carbocycles. The van der Waals surface area contributed by atoms with Gasteiger partial charge in [0, 0.05) is 16.6 Å². The third kappa shape index (κ3) is 2.99. The zero-order chi connectivity index (χ0) is 15.5. The molecule has 0 atom stereocenters. The van der Waals surface area contributed by atoms with Crippen LogP contribution in [0.4, 0.5) is 0 Å². The number of benzene rings is 1. The molecule has 0 radical (unpaired) electrons. The maximum absolute atomic E-state index is 12.2. The minimum Gasteiger partial charge on any atom is -0.438 e. The van der Waals surface area contributed by atoms with E-state index >= 15 is 0 Å². The van der Waals surface area contributed by atoms with Crippen molar-refractivity contribution in [3.63, 3.8) is 0 Å². The van der Waals surface area contributed by atoms with Crippen LogP contribution in [0.5, 0.6) is 0 Å². The summed E-state index contributed by atoms with van der Waals surface area (Å²) in [7, 11) is 0. The van der Waals surface area contributed by atoms with Gasteiger partial charge in [-0.2, -0.15) is 0 Å². The largest absolute Gasteiger partial charge is 0.438 e. The number of hydrogen-bond acceptors (Lipinski definition) is 4. The molecule has 0 aliphatic heterocycles. The highest BCUT2D eigenvalue weighted by Gasteiger charge is 2.11. The molecule has 0 unspecified atom stereocenters. The second-order valence-corrected chi connectivity index (χ2v) is 5.11. The summed E-state index contributed by atoms with van der Waals surface area (Å²) in [6.07, 6.45) is 1.66. The molecule has 1 amide bonds. The first-order valence-electron chi connectivity index (χ1n) is 6.59. The maximum atomic E-state index is 12.2. The van der Waals surface area contributed by atoms with Gasteiger partial charge in [-0.25, -0.2) is 0 Å². The number of amides is 1. The van der Waals surface area contributed by atoms with E-state index in [4.69, 9.17) is 21.4 Å². The molecular formula is C16H12ClN3O2. The highest BCUT2D eigenvalue weighted by Crippen LogP contribution is 2.18. The summed E-state index contributed by atoms with van der Waals surface area (Å²) in [5, 5.41) is 11.8. The van der Waals surface area contributed by atoms with Gasteiger partial charge >= 0.3 is 0 Å². The van der Waals surface area contributed by atoms with Gasteiger partial charge in [-0.1, -0.05) is 17.7 Å².